The van der Waals surface area contributed by atoms with Crippen LogP contribution in [-0.4, -0.2) is 5.91 Å². The highest BCUT2D eigenvalue weighted by atomic mass is 35.5. The molecule has 13 heavy (non-hydrogen) atoms. The number of carbonyl (C=O) groups is 1. The van der Waals surface area contributed by atoms with Gasteiger partial charge in [0.1, 0.15) is 0 Å². The Labute approximate surface area is 82.2 Å². The van der Waals surface area contributed by atoms with E-state index in [-0.39, 0.29) is 5.91 Å². The maximum atomic E-state index is 10.9. The molecule has 1 rings (SSSR count). The van der Waals surface area contributed by atoms with E-state index >= 15 is 0 Å². The first-order chi connectivity index (χ1) is 6.26. The van der Waals surface area contributed by atoms with E-state index in [0.29, 0.717) is 5.88 Å². The Morgan fingerprint density at radius 2 is 2.38 bits per heavy atom. The van der Waals surface area contributed by atoms with Crippen LogP contribution in [0.5, 0.6) is 0 Å². The SMILES string of the molecule is C=CC(=O)Nc1cccc(CCl)c1. The van der Waals surface area contributed by atoms with Gasteiger partial charge in [-0.15, -0.1) is 11.6 Å². The molecule has 0 saturated carbocycles. The van der Waals surface area contributed by atoms with Crippen LogP contribution in [0.2, 0.25) is 0 Å². The minimum absolute atomic E-state index is 0.216. The monoisotopic (exact) mass is 195 g/mol. The van der Waals surface area contributed by atoms with E-state index in [4.69, 9.17) is 11.6 Å². The first-order valence-electron chi connectivity index (χ1n) is 3.84. The normalized spacial score (nSPS) is 9.31. The van der Waals surface area contributed by atoms with Crippen LogP contribution in [0, 0.1) is 0 Å². The fourth-order valence-corrected chi connectivity index (χ4v) is 1.09. The number of hydrogen-bond donors (Lipinski definition) is 1. The van der Waals surface area contributed by atoms with Crippen LogP contribution in [-0.2, 0) is 10.7 Å². The van der Waals surface area contributed by atoms with E-state index < -0.39 is 0 Å². The molecule has 0 unspecified atom stereocenters. The third kappa shape index (κ3) is 2.92. The van der Waals surface area contributed by atoms with Crippen LogP contribution >= 0.6 is 11.6 Å². The van der Waals surface area contributed by atoms with Crippen LogP contribution in [0.15, 0.2) is 36.9 Å². The molecule has 0 atom stereocenters. The highest BCUT2D eigenvalue weighted by molar-refractivity contribution is 6.17. The Bertz CT molecular complexity index is 322. The fraction of sp³-hybridized carbons (Fsp3) is 0.100. The fourth-order valence-electron chi connectivity index (χ4n) is 0.925. The number of nitrogens with one attached hydrogen (secondary N) is 1. The number of benzene rings is 1. The molecule has 0 radical (unpaired) electrons. The second kappa shape index (κ2) is 4.67. The number of carbonyl (C=O) groups excluding carboxylic acids is 1. The minimum Gasteiger partial charge on any atom is -0.323 e. The van der Waals surface area contributed by atoms with Gasteiger partial charge in [0.2, 0.25) is 5.91 Å². The average molecular weight is 196 g/mol. The van der Waals surface area contributed by atoms with Crippen molar-refractivity contribution in [3.8, 4) is 0 Å². The number of alkyl halides is 1. The van der Waals surface area contributed by atoms with Crippen LogP contribution in [0.1, 0.15) is 5.56 Å². The van der Waals surface area contributed by atoms with Crippen molar-refractivity contribution in [2.75, 3.05) is 5.32 Å². The predicted octanol–water partition coefficient (Wildman–Crippen LogP) is 2.55. The van der Waals surface area contributed by atoms with Crippen LogP contribution < -0.4 is 5.32 Å². The van der Waals surface area contributed by atoms with E-state index in [0.717, 1.165) is 11.3 Å². The molecule has 2 nitrogen and oxygen atoms in total. The maximum absolute atomic E-state index is 10.9. The Hall–Kier alpha value is -1.28. The quantitative estimate of drug-likeness (QED) is 0.583. The Morgan fingerprint density at radius 3 is 3.00 bits per heavy atom. The van der Waals surface area contributed by atoms with Gasteiger partial charge >= 0.3 is 0 Å². The number of anilines is 1. The van der Waals surface area contributed by atoms with E-state index in [2.05, 4.69) is 11.9 Å². The topological polar surface area (TPSA) is 29.1 Å². The van der Waals surface area contributed by atoms with E-state index in [1.807, 2.05) is 18.2 Å². The summed E-state index contributed by atoms with van der Waals surface area (Å²) in [5.41, 5.74) is 1.71. The third-order valence-electron chi connectivity index (χ3n) is 1.53. The molecule has 0 aliphatic rings. The Morgan fingerprint density at radius 1 is 1.62 bits per heavy atom. The summed E-state index contributed by atoms with van der Waals surface area (Å²) < 4.78 is 0. The van der Waals surface area contributed by atoms with Crippen molar-refractivity contribution in [2.45, 2.75) is 5.88 Å². The van der Waals surface area contributed by atoms with Crippen LogP contribution in [0.4, 0.5) is 5.69 Å². The lowest BCUT2D eigenvalue weighted by Gasteiger charge is -2.02. The lowest BCUT2D eigenvalue weighted by molar-refractivity contribution is -0.111. The zero-order valence-electron chi connectivity index (χ0n) is 7.09. The molecule has 0 aliphatic heterocycles. The van der Waals surface area contributed by atoms with Gasteiger partial charge in [0.15, 0.2) is 0 Å². The summed E-state index contributed by atoms with van der Waals surface area (Å²) in [6, 6.07) is 7.37. The molecule has 0 fully saturated rings. The third-order valence-corrected chi connectivity index (χ3v) is 1.84. The lowest BCUT2D eigenvalue weighted by atomic mass is 10.2. The number of amides is 1. The van der Waals surface area contributed by atoms with E-state index in [1.54, 1.807) is 6.07 Å². The van der Waals surface area contributed by atoms with Gasteiger partial charge in [-0.25, -0.2) is 0 Å². The number of halogens is 1. The van der Waals surface area contributed by atoms with Crippen molar-refractivity contribution in [3.63, 3.8) is 0 Å². The molecule has 0 bridgehead atoms. The van der Waals surface area contributed by atoms with Crippen molar-refractivity contribution >= 4 is 23.2 Å². The molecule has 1 N–H and O–H groups in total. The molecule has 0 spiro atoms. The summed E-state index contributed by atoms with van der Waals surface area (Å²) in [4.78, 5) is 10.9. The summed E-state index contributed by atoms with van der Waals surface area (Å²) in [7, 11) is 0. The van der Waals surface area contributed by atoms with Crippen molar-refractivity contribution in [1.82, 2.24) is 0 Å². The van der Waals surface area contributed by atoms with Crippen LogP contribution in [0.25, 0.3) is 0 Å². The minimum atomic E-state index is -0.216. The largest absolute Gasteiger partial charge is 0.323 e. The van der Waals surface area contributed by atoms with Gasteiger partial charge in [-0.3, -0.25) is 4.79 Å². The van der Waals surface area contributed by atoms with Gasteiger partial charge in [-0.2, -0.15) is 0 Å². The number of hydrogen-bond acceptors (Lipinski definition) is 1. The van der Waals surface area contributed by atoms with E-state index in [9.17, 15) is 4.79 Å². The molecular formula is C10H10ClNO. The lowest BCUT2D eigenvalue weighted by Crippen LogP contribution is -2.07. The molecule has 68 valence electrons. The molecule has 0 aromatic heterocycles. The smallest absolute Gasteiger partial charge is 0.247 e. The zero-order chi connectivity index (χ0) is 9.68. The summed E-state index contributed by atoms with van der Waals surface area (Å²) in [6.45, 7) is 3.36. The average Bonchev–Trinajstić information content (AvgIpc) is 2.18. The molecular weight excluding hydrogens is 186 g/mol. The van der Waals surface area contributed by atoms with Crippen molar-refractivity contribution in [2.24, 2.45) is 0 Å². The first-order valence-corrected chi connectivity index (χ1v) is 4.38. The van der Waals surface area contributed by atoms with Crippen molar-refractivity contribution in [3.05, 3.63) is 42.5 Å². The highest BCUT2D eigenvalue weighted by Gasteiger charge is 1.97. The maximum Gasteiger partial charge on any atom is 0.247 e. The molecule has 3 heteroatoms. The molecule has 1 amide bonds. The number of rotatable bonds is 3. The van der Waals surface area contributed by atoms with Crippen molar-refractivity contribution in [1.29, 1.82) is 0 Å². The van der Waals surface area contributed by atoms with Gasteiger partial charge in [-0.05, 0) is 23.8 Å². The van der Waals surface area contributed by atoms with E-state index in [1.165, 1.54) is 6.08 Å². The Kier molecular flexibility index (Phi) is 3.53. The highest BCUT2D eigenvalue weighted by Crippen LogP contribution is 2.12. The van der Waals surface area contributed by atoms with Gasteiger partial charge in [0.25, 0.3) is 0 Å². The summed E-state index contributed by atoms with van der Waals surface area (Å²) in [5, 5.41) is 2.65. The van der Waals surface area contributed by atoms with Gasteiger partial charge in [-0.1, -0.05) is 18.7 Å². The second-order valence-corrected chi connectivity index (χ2v) is 2.79. The standard InChI is InChI=1S/C10H10ClNO/c1-2-10(13)12-9-5-3-4-8(6-9)7-11/h2-6H,1,7H2,(H,12,13). The Balaban J connectivity index is 2.77. The second-order valence-electron chi connectivity index (χ2n) is 2.53. The van der Waals surface area contributed by atoms with Crippen LogP contribution in [0.3, 0.4) is 0 Å². The first kappa shape index (κ1) is 9.81. The predicted molar refractivity (Wildman–Crippen MR) is 54.8 cm³/mol. The van der Waals surface area contributed by atoms with Gasteiger partial charge < -0.3 is 5.32 Å². The summed E-state index contributed by atoms with van der Waals surface area (Å²) >= 11 is 5.64. The zero-order valence-corrected chi connectivity index (χ0v) is 7.84. The summed E-state index contributed by atoms with van der Waals surface area (Å²) in [6.07, 6.45) is 1.23. The molecule has 0 aliphatic carbocycles. The molecule has 1 aromatic carbocycles. The van der Waals surface area contributed by atoms with Gasteiger partial charge in [0, 0.05) is 11.6 Å². The molecule has 0 heterocycles. The van der Waals surface area contributed by atoms with Gasteiger partial charge in [0.05, 0.1) is 0 Å². The molecule has 1 aromatic rings. The molecule has 0 saturated heterocycles. The summed E-state index contributed by atoms with van der Waals surface area (Å²) in [5.74, 6) is 0.226. The van der Waals surface area contributed by atoms with Crippen molar-refractivity contribution < 1.29 is 4.79 Å².